The van der Waals surface area contributed by atoms with Crippen LogP contribution in [0.15, 0.2) is 42.5 Å². The van der Waals surface area contributed by atoms with Gasteiger partial charge in [-0.15, -0.1) is 0 Å². The number of benzene rings is 2. The van der Waals surface area contributed by atoms with Crippen LogP contribution >= 0.6 is 23.2 Å². The van der Waals surface area contributed by atoms with Gasteiger partial charge in [0.2, 0.25) is 0 Å². The fraction of sp³-hybridized carbons (Fsp3) is 0.333. The van der Waals surface area contributed by atoms with Crippen molar-refractivity contribution in [3.8, 4) is 5.75 Å². The monoisotopic (exact) mass is 337 g/mol. The van der Waals surface area contributed by atoms with Gasteiger partial charge >= 0.3 is 0 Å². The zero-order chi connectivity index (χ0) is 15.9. The molecule has 2 aromatic rings. The number of ether oxygens (including phenoxy) is 1. The summed E-state index contributed by atoms with van der Waals surface area (Å²) in [5.74, 6) is 0.909. The van der Waals surface area contributed by atoms with Gasteiger partial charge in [-0.3, -0.25) is 0 Å². The average molecular weight is 338 g/mol. The maximum absolute atomic E-state index is 6.16. The summed E-state index contributed by atoms with van der Waals surface area (Å²) in [5, 5.41) is 4.82. The molecule has 0 aliphatic heterocycles. The SMILES string of the molecule is CC(C)Oc1ccc(CNCCc2ccc(Cl)cc2Cl)cc1. The predicted molar refractivity (Wildman–Crippen MR) is 94.1 cm³/mol. The van der Waals surface area contributed by atoms with Crippen molar-refractivity contribution in [1.82, 2.24) is 5.32 Å². The van der Waals surface area contributed by atoms with Gasteiger partial charge in [0.15, 0.2) is 0 Å². The molecule has 0 aromatic heterocycles. The normalized spacial score (nSPS) is 11.0. The van der Waals surface area contributed by atoms with Crippen molar-refractivity contribution in [2.24, 2.45) is 0 Å². The van der Waals surface area contributed by atoms with Crippen molar-refractivity contribution in [3.63, 3.8) is 0 Å². The maximum Gasteiger partial charge on any atom is 0.119 e. The molecule has 0 aliphatic rings. The van der Waals surface area contributed by atoms with E-state index in [2.05, 4.69) is 17.4 Å². The lowest BCUT2D eigenvalue weighted by Crippen LogP contribution is -2.16. The highest BCUT2D eigenvalue weighted by atomic mass is 35.5. The van der Waals surface area contributed by atoms with Gasteiger partial charge in [0.25, 0.3) is 0 Å². The van der Waals surface area contributed by atoms with Crippen LogP contribution in [-0.4, -0.2) is 12.6 Å². The molecule has 0 radical (unpaired) electrons. The lowest BCUT2D eigenvalue weighted by atomic mass is 10.1. The van der Waals surface area contributed by atoms with E-state index in [0.717, 1.165) is 35.8 Å². The van der Waals surface area contributed by atoms with E-state index in [1.54, 1.807) is 6.07 Å². The molecule has 0 bridgehead atoms. The maximum atomic E-state index is 6.16. The number of hydrogen-bond acceptors (Lipinski definition) is 2. The summed E-state index contributed by atoms with van der Waals surface area (Å²) in [4.78, 5) is 0. The summed E-state index contributed by atoms with van der Waals surface area (Å²) < 4.78 is 5.63. The minimum absolute atomic E-state index is 0.202. The molecule has 118 valence electrons. The Labute approximate surface area is 142 Å². The molecule has 0 aliphatic carbocycles. The summed E-state index contributed by atoms with van der Waals surface area (Å²) in [7, 11) is 0. The Kier molecular flexibility index (Phi) is 6.56. The first kappa shape index (κ1) is 17.1. The molecule has 0 saturated carbocycles. The van der Waals surface area contributed by atoms with Gasteiger partial charge in [-0.2, -0.15) is 0 Å². The van der Waals surface area contributed by atoms with Crippen molar-refractivity contribution in [3.05, 3.63) is 63.6 Å². The van der Waals surface area contributed by atoms with E-state index in [1.165, 1.54) is 5.56 Å². The zero-order valence-corrected chi connectivity index (χ0v) is 14.4. The largest absolute Gasteiger partial charge is 0.491 e. The number of rotatable bonds is 7. The lowest BCUT2D eigenvalue weighted by molar-refractivity contribution is 0.242. The average Bonchev–Trinajstić information content (AvgIpc) is 2.46. The van der Waals surface area contributed by atoms with Crippen molar-refractivity contribution in [1.29, 1.82) is 0 Å². The molecule has 0 saturated heterocycles. The molecule has 22 heavy (non-hydrogen) atoms. The van der Waals surface area contributed by atoms with Gasteiger partial charge in [0.05, 0.1) is 6.10 Å². The van der Waals surface area contributed by atoms with E-state index in [0.29, 0.717) is 5.02 Å². The highest BCUT2D eigenvalue weighted by Crippen LogP contribution is 2.21. The quantitative estimate of drug-likeness (QED) is 0.708. The molecule has 4 heteroatoms. The summed E-state index contributed by atoms with van der Waals surface area (Å²) in [6.07, 6.45) is 1.08. The van der Waals surface area contributed by atoms with Crippen LogP contribution < -0.4 is 10.1 Å². The molecular formula is C18H21Cl2NO. The molecule has 0 atom stereocenters. The van der Waals surface area contributed by atoms with Gasteiger partial charge in [0.1, 0.15) is 5.75 Å². The van der Waals surface area contributed by atoms with Gasteiger partial charge in [0, 0.05) is 16.6 Å². The fourth-order valence-corrected chi connectivity index (χ4v) is 2.64. The molecule has 2 rings (SSSR count). The molecule has 1 N–H and O–H groups in total. The number of halogens is 2. The highest BCUT2D eigenvalue weighted by molar-refractivity contribution is 6.35. The second-order valence-electron chi connectivity index (χ2n) is 5.47. The second kappa shape index (κ2) is 8.42. The Morgan fingerprint density at radius 2 is 1.77 bits per heavy atom. The Bertz CT molecular complexity index is 597. The van der Waals surface area contributed by atoms with Crippen molar-refractivity contribution in [2.75, 3.05) is 6.54 Å². The smallest absolute Gasteiger partial charge is 0.119 e. The molecule has 0 fully saturated rings. The fourth-order valence-electron chi connectivity index (χ4n) is 2.14. The Morgan fingerprint density at radius 3 is 2.41 bits per heavy atom. The predicted octanol–water partition coefficient (Wildman–Crippen LogP) is 5.11. The minimum atomic E-state index is 0.202. The van der Waals surface area contributed by atoms with Crippen LogP contribution in [-0.2, 0) is 13.0 Å². The number of nitrogens with one attached hydrogen (secondary N) is 1. The van der Waals surface area contributed by atoms with Crippen LogP contribution in [0.4, 0.5) is 0 Å². The molecule has 2 nitrogen and oxygen atoms in total. The van der Waals surface area contributed by atoms with E-state index in [4.69, 9.17) is 27.9 Å². The molecule has 0 spiro atoms. The highest BCUT2D eigenvalue weighted by Gasteiger charge is 2.02. The van der Waals surface area contributed by atoms with Crippen molar-refractivity contribution < 1.29 is 4.74 Å². The molecule has 0 amide bonds. The van der Waals surface area contributed by atoms with Crippen LogP contribution in [0.1, 0.15) is 25.0 Å². The van der Waals surface area contributed by atoms with Gasteiger partial charge in [-0.1, -0.05) is 41.4 Å². The van der Waals surface area contributed by atoms with Crippen LogP contribution in [0, 0.1) is 0 Å². The first-order valence-electron chi connectivity index (χ1n) is 7.45. The molecule has 0 heterocycles. The topological polar surface area (TPSA) is 21.3 Å². The van der Waals surface area contributed by atoms with E-state index in [-0.39, 0.29) is 6.10 Å². The van der Waals surface area contributed by atoms with E-state index < -0.39 is 0 Å². The third kappa shape index (κ3) is 5.53. The van der Waals surface area contributed by atoms with Gasteiger partial charge in [-0.05, 0) is 62.2 Å². The van der Waals surface area contributed by atoms with Crippen LogP contribution in [0.2, 0.25) is 10.0 Å². The van der Waals surface area contributed by atoms with Gasteiger partial charge < -0.3 is 10.1 Å². The second-order valence-corrected chi connectivity index (χ2v) is 6.32. The summed E-state index contributed by atoms with van der Waals surface area (Å²) in [6, 6.07) is 13.8. The van der Waals surface area contributed by atoms with Crippen molar-refractivity contribution in [2.45, 2.75) is 32.9 Å². The number of hydrogen-bond donors (Lipinski definition) is 1. The lowest BCUT2D eigenvalue weighted by Gasteiger charge is -2.10. The van der Waals surface area contributed by atoms with E-state index in [9.17, 15) is 0 Å². The summed E-state index contributed by atoms with van der Waals surface area (Å²) >= 11 is 12.1. The Hall–Kier alpha value is -1.22. The first-order valence-corrected chi connectivity index (χ1v) is 8.20. The Morgan fingerprint density at radius 1 is 1.05 bits per heavy atom. The molecule has 0 unspecified atom stereocenters. The zero-order valence-electron chi connectivity index (χ0n) is 12.9. The third-order valence-electron chi connectivity index (χ3n) is 3.21. The van der Waals surface area contributed by atoms with Crippen LogP contribution in [0.25, 0.3) is 0 Å². The van der Waals surface area contributed by atoms with E-state index in [1.807, 2.05) is 38.1 Å². The molecular weight excluding hydrogens is 317 g/mol. The standard InChI is InChI=1S/C18H21Cl2NO/c1-13(2)22-17-7-3-14(4-8-17)12-21-10-9-15-5-6-16(19)11-18(15)20/h3-8,11,13,21H,9-10,12H2,1-2H3. The summed E-state index contributed by atoms with van der Waals surface area (Å²) in [5.41, 5.74) is 2.34. The van der Waals surface area contributed by atoms with Crippen molar-refractivity contribution >= 4 is 23.2 Å². The van der Waals surface area contributed by atoms with Gasteiger partial charge in [-0.25, -0.2) is 0 Å². The van der Waals surface area contributed by atoms with Crippen LogP contribution in [0.3, 0.4) is 0 Å². The van der Waals surface area contributed by atoms with Crippen LogP contribution in [0.5, 0.6) is 5.75 Å². The first-order chi connectivity index (χ1) is 10.5. The molecule has 2 aromatic carbocycles. The Balaban J connectivity index is 1.76. The third-order valence-corrected chi connectivity index (χ3v) is 3.80. The van der Waals surface area contributed by atoms with E-state index >= 15 is 0 Å². The summed E-state index contributed by atoms with van der Waals surface area (Å²) in [6.45, 7) is 5.74. The minimum Gasteiger partial charge on any atom is -0.491 e.